The van der Waals surface area contributed by atoms with Gasteiger partial charge < -0.3 is 15.2 Å². The van der Waals surface area contributed by atoms with Gasteiger partial charge in [0.2, 0.25) is 0 Å². The lowest BCUT2D eigenvalue weighted by Gasteiger charge is -2.14. The van der Waals surface area contributed by atoms with E-state index >= 15 is 0 Å². The van der Waals surface area contributed by atoms with Crippen molar-refractivity contribution in [3.05, 3.63) is 18.2 Å². The Kier molecular flexibility index (Phi) is 3.83. The normalized spacial score (nSPS) is 10.8. The summed E-state index contributed by atoms with van der Waals surface area (Å²) in [5, 5.41) is 0. The first-order valence-corrected chi connectivity index (χ1v) is 5.22. The molecule has 2 N–H and O–H groups in total. The molecule has 0 unspecified atom stereocenters. The molecule has 3 heteroatoms. The van der Waals surface area contributed by atoms with Crippen molar-refractivity contribution < 1.29 is 9.47 Å². The highest BCUT2D eigenvalue weighted by Gasteiger charge is 2.05. The zero-order valence-electron chi connectivity index (χ0n) is 9.78. The molecule has 84 valence electrons. The van der Waals surface area contributed by atoms with Crippen LogP contribution in [-0.4, -0.2) is 12.2 Å². The van der Waals surface area contributed by atoms with E-state index in [9.17, 15) is 0 Å². The topological polar surface area (TPSA) is 44.5 Å². The first kappa shape index (κ1) is 11.7. The molecule has 0 atom stereocenters. The second-order valence-electron chi connectivity index (χ2n) is 4.03. The summed E-state index contributed by atoms with van der Waals surface area (Å²) in [6.45, 7) is 7.90. The van der Waals surface area contributed by atoms with E-state index in [2.05, 4.69) is 0 Å². The third-order valence-electron chi connectivity index (χ3n) is 1.72. The quantitative estimate of drug-likeness (QED) is 0.775. The lowest BCUT2D eigenvalue weighted by molar-refractivity contribution is 0.236. The molecule has 0 aromatic heterocycles. The van der Waals surface area contributed by atoms with Crippen LogP contribution in [0.4, 0.5) is 5.69 Å². The minimum absolute atomic E-state index is 0.129. The number of hydrogen-bond donors (Lipinski definition) is 1. The number of nitrogen functional groups attached to an aromatic ring is 1. The third kappa shape index (κ3) is 3.70. The molecule has 0 aliphatic heterocycles. The van der Waals surface area contributed by atoms with E-state index in [1.54, 1.807) is 6.07 Å². The van der Waals surface area contributed by atoms with Crippen LogP contribution in [0.2, 0.25) is 0 Å². The summed E-state index contributed by atoms with van der Waals surface area (Å²) in [5.41, 5.74) is 6.45. The van der Waals surface area contributed by atoms with Crippen LogP contribution in [0.15, 0.2) is 18.2 Å². The summed E-state index contributed by atoms with van der Waals surface area (Å²) >= 11 is 0. The van der Waals surface area contributed by atoms with E-state index in [0.717, 1.165) is 5.75 Å². The van der Waals surface area contributed by atoms with E-state index in [1.165, 1.54) is 0 Å². The van der Waals surface area contributed by atoms with E-state index in [4.69, 9.17) is 15.2 Å². The van der Waals surface area contributed by atoms with E-state index in [0.29, 0.717) is 11.4 Å². The highest BCUT2D eigenvalue weighted by Crippen LogP contribution is 2.27. The van der Waals surface area contributed by atoms with Crippen molar-refractivity contribution in [2.75, 3.05) is 5.73 Å². The van der Waals surface area contributed by atoms with Gasteiger partial charge in [-0.05, 0) is 39.8 Å². The molecule has 0 saturated carbocycles. The van der Waals surface area contributed by atoms with Crippen molar-refractivity contribution in [1.82, 2.24) is 0 Å². The zero-order chi connectivity index (χ0) is 11.4. The fraction of sp³-hybridized carbons (Fsp3) is 0.500. The maximum atomic E-state index is 5.84. The first-order valence-electron chi connectivity index (χ1n) is 5.22. The number of anilines is 1. The summed E-state index contributed by atoms with van der Waals surface area (Å²) < 4.78 is 11.0. The molecule has 1 rings (SSSR count). The zero-order valence-corrected chi connectivity index (χ0v) is 9.78. The molecule has 0 bridgehead atoms. The lowest BCUT2D eigenvalue weighted by atomic mass is 10.2. The predicted octanol–water partition coefficient (Wildman–Crippen LogP) is 2.84. The van der Waals surface area contributed by atoms with Crippen LogP contribution >= 0.6 is 0 Å². The highest BCUT2D eigenvalue weighted by molar-refractivity contribution is 5.56. The molecular weight excluding hydrogens is 190 g/mol. The Bertz CT molecular complexity index is 321. The van der Waals surface area contributed by atoms with Gasteiger partial charge in [0.25, 0.3) is 0 Å². The van der Waals surface area contributed by atoms with Gasteiger partial charge in [-0.2, -0.15) is 0 Å². The van der Waals surface area contributed by atoms with E-state index in [1.807, 2.05) is 39.8 Å². The molecule has 1 aromatic carbocycles. The molecule has 1 aromatic rings. The predicted molar refractivity (Wildman–Crippen MR) is 62.4 cm³/mol. The van der Waals surface area contributed by atoms with Crippen molar-refractivity contribution >= 4 is 5.69 Å². The van der Waals surface area contributed by atoms with Crippen LogP contribution in [-0.2, 0) is 0 Å². The Labute approximate surface area is 91.2 Å². The molecule has 0 amide bonds. The number of benzene rings is 1. The molecule has 0 radical (unpaired) electrons. The van der Waals surface area contributed by atoms with E-state index < -0.39 is 0 Å². The SMILES string of the molecule is CC(C)Oc1ccc(OC(C)C)c(N)c1. The Hall–Kier alpha value is -1.38. The van der Waals surface area contributed by atoms with Gasteiger partial charge in [-0.1, -0.05) is 0 Å². The average Bonchev–Trinajstić information content (AvgIpc) is 2.08. The van der Waals surface area contributed by atoms with Gasteiger partial charge in [-0.25, -0.2) is 0 Å². The maximum Gasteiger partial charge on any atom is 0.142 e. The van der Waals surface area contributed by atoms with Gasteiger partial charge in [0, 0.05) is 6.07 Å². The molecule has 3 nitrogen and oxygen atoms in total. The van der Waals surface area contributed by atoms with Gasteiger partial charge in [-0.15, -0.1) is 0 Å². The maximum absolute atomic E-state index is 5.84. The van der Waals surface area contributed by atoms with Crippen molar-refractivity contribution in [3.8, 4) is 11.5 Å². The van der Waals surface area contributed by atoms with Crippen LogP contribution in [0.3, 0.4) is 0 Å². The molecule has 0 saturated heterocycles. The Balaban J connectivity index is 2.78. The van der Waals surface area contributed by atoms with E-state index in [-0.39, 0.29) is 12.2 Å². The molecule has 0 aliphatic rings. The van der Waals surface area contributed by atoms with Gasteiger partial charge in [-0.3, -0.25) is 0 Å². The van der Waals surface area contributed by atoms with Crippen LogP contribution < -0.4 is 15.2 Å². The largest absolute Gasteiger partial charge is 0.491 e. The Morgan fingerprint density at radius 2 is 1.60 bits per heavy atom. The Morgan fingerprint density at radius 1 is 1.00 bits per heavy atom. The summed E-state index contributed by atoms with van der Waals surface area (Å²) in [6, 6.07) is 5.50. The highest BCUT2D eigenvalue weighted by atomic mass is 16.5. The van der Waals surface area contributed by atoms with Crippen LogP contribution in [0.25, 0.3) is 0 Å². The van der Waals surface area contributed by atoms with Gasteiger partial charge in [0.15, 0.2) is 0 Å². The fourth-order valence-electron chi connectivity index (χ4n) is 1.23. The van der Waals surface area contributed by atoms with Crippen molar-refractivity contribution in [3.63, 3.8) is 0 Å². The standard InChI is InChI=1S/C12H19NO2/c1-8(2)14-10-5-6-12(11(13)7-10)15-9(3)4/h5-9H,13H2,1-4H3. The monoisotopic (exact) mass is 209 g/mol. The van der Waals surface area contributed by atoms with Crippen LogP contribution in [0, 0.1) is 0 Å². The third-order valence-corrected chi connectivity index (χ3v) is 1.72. The average molecular weight is 209 g/mol. The summed E-state index contributed by atoms with van der Waals surface area (Å²) in [4.78, 5) is 0. The second kappa shape index (κ2) is 4.91. The Morgan fingerprint density at radius 3 is 2.07 bits per heavy atom. The molecule has 0 aliphatic carbocycles. The van der Waals surface area contributed by atoms with Gasteiger partial charge in [0.1, 0.15) is 11.5 Å². The fourth-order valence-corrected chi connectivity index (χ4v) is 1.23. The van der Waals surface area contributed by atoms with Crippen molar-refractivity contribution in [2.45, 2.75) is 39.9 Å². The molecule has 15 heavy (non-hydrogen) atoms. The molecule has 0 heterocycles. The molecular formula is C12H19NO2. The number of ether oxygens (including phenoxy) is 2. The molecule has 0 fully saturated rings. The van der Waals surface area contributed by atoms with Gasteiger partial charge in [0.05, 0.1) is 17.9 Å². The summed E-state index contributed by atoms with van der Waals surface area (Å²) in [5.74, 6) is 1.49. The van der Waals surface area contributed by atoms with Gasteiger partial charge >= 0.3 is 0 Å². The lowest BCUT2D eigenvalue weighted by Crippen LogP contribution is -2.09. The first-order chi connectivity index (χ1) is 6.99. The summed E-state index contributed by atoms with van der Waals surface area (Å²) in [7, 11) is 0. The van der Waals surface area contributed by atoms with Crippen molar-refractivity contribution in [1.29, 1.82) is 0 Å². The minimum atomic E-state index is 0.129. The minimum Gasteiger partial charge on any atom is -0.491 e. The van der Waals surface area contributed by atoms with Crippen molar-refractivity contribution in [2.24, 2.45) is 0 Å². The van der Waals surface area contributed by atoms with Crippen LogP contribution in [0.5, 0.6) is 11.5 Å². The summed E-state index contributed by atoms with van der Waals surface area (Å²) in [6.07, 6.45) is 0.283. The second-order valence-corrected chi connectivity index (χ2v) is 4.03. The number of hydrogen-bond acceptors (Lipinski definition) is 3. The molecule has 0 spiro atoms. The van der Waals surface area contributed by atoms with Crippen LogP contribution in [0.1, 0.15) is 27.7 Å². The number of nitrogens with two attached hydrogens (primary N) is 1. The number of rotatable bonds is 4. The smallest absolute Gasteiger partial charge is 0.142 e.